The van der Waals surface area contributed by atoms with Crippen LogP contribution < -0.4 is 10.1 Å². The number of benzene rings is 3. The first-order valence-electron chi connectivity index (χ1n) is 11.3. The molecule has 3 aromatic carbocycles. The lowest BCUT2D eigenvalue weighted by atomic mass is 10.1. The van der Waals surface area contributed by atoms with Crippen molar-refractivity contribution >= 4 is 28.6 Å². The molecule has 5 aromatic rings. The zero-order valence-corrected chi connectivity index (χ0v) is 20.1. The van der Waals surface area contributed by atoms with Crippen LogP contribution in [0, 0.1) is 0 Å². The van der Waals surface area contributed by atoms with Crippen LogP contribution in [-0.4, -0.2) is 45.1 Å². The number of H-pyrrole nitrogens is 1. The van der Waals surface area contributed by atoms with Crippen LogP contribution in [0.1, 0.15) is 5.56 Å². The zero-order chi connectivity index (χ0) is 24.0. The highest BCUT2D eigenvalue weighted by Gasteiger charge is 2.17. The molecule has 0 bridgehead atoms. The van der Waals surface area contributed by atoms with Crippen molar-refractivity contribution in [2.75, 3.05) is 19.4 Å². The van der Waals surface area contributed by atoms with Crippen LogP contribution in [-0.2, 0) is 11.2 Å². The average molecular weight is 484 g/mol. The van der Waals surface area contributed by atoms with Gasteiger partial charge in [0.15, 0.2) is 11.0 Å². The quantitative estimate of drug-likeness (QED) is 0.292. The second-order valence-corrected chi connectivity index (χ2v) is 8.90. The van der Waals surface area contributed by atoms with Crippen molar-refractivity contribution in [2.45, 2.75) is 11.6 Å². The van der Waals surface area contributed by atoms with Gasteiger partial charge < -0.3 is 15.0 Å². The minimum atomic E-state index is -0.0385. The van der Waals surface area contributed by atoms with Crippen LogP contribution >= 0.6 is 11.8 Å². The second kappa shape index (κ2) is 10.5. The van der Waals surface area contributed by atoms with E-state index in [0.717, 1.165) is 28.9 Å². The number of para-hydroxylation sites is 2. The Morgan fingerprint density at radius 3 is 2.57 bits per heavy atom. The van der Waals surface area contributed by atoms with Gasteiger partial charge in [-0.1, -0.05) is 48.2 Å². The first-order chi connectivity index (χ1) is 17.2. The van der Waals surface area contributed by atoms with E-state index in [2.05, 4.69) is 32.6 Å². The van der Waals surface area contributed by atoms with E-state index in [1.54, 1.807) is 7.11 Å². The fourth-order valence-corrected chi connectivity index (χ4v) is 4.74. The second-order valence-electron chi connectivity index (χ2n) is 7.95. The van der Waals surface area contributed by atoms with E-state index in [-0.39, 0.29) is 11.7 Å². The number of hydrogen-bond acceptors (Lipinski definition) is 5. The number of rotatable bonds is 9. The van der Waals surface area contributed by atoms with Gasteiger partial charge in [-0.05, 0) is 54.4 Å². The number of fused-ring (bicyclic) bond motifs is 1. The molecule has 8 heteroatoms. The van der Waals surface area contributed by atoms with Gasteiger partial charge in [0.05, 0.1) is 12.9 Å². The molecule has 0 aliphatic carbocycles. The first-order valence-corrected chi connectivity index (χ1v) is 12.3. The largest absolute Gasteiger partial charge is 0.497 e. The maximum Gasteiger partial charge on any atom is 0.230 e. The molecule has 0 atom stereocenters. The number of nitrogens with zero attached hydrogens (tertiary/aromatic N) is 3. The van der Waals surface area contributed by atoms with E-state index in [9.17, 15) is 4.79 Å². The van der Waals surface area contributed by atoms with Gasteiger partial charge in [0.1, 0.15) is 5.75 Å². The lowest BCUT2D eigenvalue weighted by molar-refractivity contribution is -0.118. The molecule has 0 saturated carbocycles. The Bertz CT molecular complexity index is 1430. The molecule has 0 unspecified atom stereocenters. The third-order valence-electron chi connectivity index (χ3n) is 5.72. The fourth-order valence-electron chi connectivity index (χ4n) is 3.96. The van der Waals surface area contributed by atoms with Crippen LogP contribution in [0.2, 0.25) is 0 Å². The number of amides is 1. The summed E-state index contributed by atoms with van der Waals surface area (Å²) >= 11 is 1.37. The summed E-state index contributed by atoms with van der Waals surface area (Å²) in [5, 5.41) is 13.7. The topological polar surface area (TPSA) is 84.8 Å². The molecular formula is C27H25N5O2S. The Hall–Kier alpha value is -4.04. The smallest absolute Gasteiger partial charge is 0.230 e. The molecule has 7 nitrogen and oxygen atoms in total. The third kappa shape index (κ3) is 5.07. The standard InChI is InChI=1S/C27H25N5O2S/c1-34-22-13-11-19(12-14-22)26-30-31-27(32(26)21-7-3-2-4-8-21)35-18-25(33)28-16-15-20-17-29-24-10-6-5-9-23(20)24/h2-14,17,29H,15-16,18H2,1H3,(H,28,33). The Morgan fingerprint density at radius 2 is 1.77 bits per heavy atom. The van der Waals surface area contributed by atoms with Crippen molar-refractivity contribution in [3.63, 3.8) is 0 Å². The van der Waals surface area contributed by atoms with Crippen LogP contribution in [0.15, 0.2) is 90.2 Å². The van der Waals surface area contributed by atoms with E-state index in [0.29, 0.717) is 17.5 Å². The fraction of sp³-hybridized carbons (Fsp3) is 0.148. The number of aromatic amines is 1. The van der Waals surface area contributed by atoms with Crippen LogP contribution in [0.5, 0.6) is 5.75 Å². The van der Waals surface area contributed by atoms with Crippen molar-refractivity contribution < 1.29 is 9.53 Å². The summed E-state index contributed by atoms with van der Waals surface area (Å²) < 4.78 is 7.25. The van der Waals surface area contributed by atoms with Gasteiger partial charge in [0, 0.05) is 34.9 Å². The number of nitrogens with one attached hydrogen (secondary N) is 2. The molecule has 2 heterocycles. The van der Waals surface area contributed by atoms with Crippen LogP contribution in [0.3, 0.4) is 0 Å². The van der Waals surface area contributed by atoms with Crippen molar-refractivity contribution in [3.05, 3.63) is 90.6 Å². The van der Waals surface area contributed by atoms with Gasteiger partial charge >= 0.3 is 0 Å². The predicted octanol–water partition coefficient (Wildman–Crippen LogP) is 4.88. The summed E-state index contributed by atoms with van der Waals surface area (Å²) in [7, 11) is 1.64. The highest BCUT2D eigenvalue weighted by molar-refractivity contribution is 7.99. The summed E-state index contributed by atoms with van der Waals surface area (Å²) in [5.41, 5.74) is 4.15. The monoisotopic (exact) mass is 483 g/mol. The number of carbonyl (C=O) groups is 1. The van der Waals surface area contributed by atoms with Crippen molar-refractivity contribution in [3.8, 4) is 22.8 Å². The highest BCUT2D eigenvalue weighted by Crippen LogP contribution is 2.29. The SMILES string of the molecule is COc1ccc(-c2nnc(SCC(=O)NCCc3c[nH]c4ccccc34)n2-c2ccccc2)cc1. The van der Waals surface area contributed by atoms with Gasteiger partial charge in [-0.2, -0.15) is 0 Å². The number of thioether (sulfide) groups is 1. The van der Waals surface area contributed by atoms with Crippen LogP contribution in [0.25, 0.3) is 28.0 Å². The molecule has 0 aliphatic heterocycles. The van der Waals surface area contributed by atoms with Gasteiger partial charge in [-0.3, -0.25) is 9.36 Å². The normalized spacial score (nSPS) is 11.0. The summed E-state index contributed by atoms with van der Waals surface area (Å²) in [6.07, 6.45) is 2.77. The predicted molar refractivity (Wildman–Crippen MR) is 139 cm³/mol. The molecule has 0 radical (unpaired) electrons. The molecule has 1 amide bonds. The molecule has 176 valence electrons. The molecule has 0 saturated heterocycles. The molecule has 5 rings (SSSR count). The van der Waals surface area contributed by atoms with Crippen molar-refractivity contribution in [1.29, 1.82) is 0 Å². The number of ether oxygens (including phenoxy) is 1. The Morgan fingerprint density at radius 1 is 1.00 bits per heavy atom. The minimum Gasteiger partial charge on any atom is -0.497 e. The molecular weight excluding hydrogens is 458 g/mol. The maximum absolute atomic E-state index is 12.6. The summed E-state index contributed by atoms with van der Waals surface area (Å²) in [5.74, 6) is 1.70. The average Bonchev–Trinajstić information content (AvgIpc) is 3.52. The molecule has 0 spiro atoms. The van der Waals surface area contributed by atoms with Gasteiger partial charge in [-0.15, -0.1) is 10.2 Å². The zero-order valence-electron chi connectivity index (χ0n) is 19.3. The van der Waals surface area contributed by atoms with E-state index in [1.807, 2.05) is 77.5 Å². The third-order valence-corrected chi connectivity index (χ3v) is 6.65. The molecule has 2 N–H and O–H groups in total. The van der Waals surface area contributed by atoms with E-state index in [1.165, 1.54) is 22.7 Å². The number of hydrogen-bond donors (Lipinski definition) is 2. The molecule has 35 heavy (non-hydrogen) atoms. The first kappa shape index (κ1) is 22.7. The lowest BCUT2D eigenvalue weighted by Gasteiger charge is -2.11. The maximum atomic E-state index is 12.6. The Labute approximate surface area is 207 Å². The van der Waals surface area contributed by atoms with Crippen LogP contribution in [0.4, 0.5) is 0 Å². The van der Waals surface area contributed by atoms with E-state index >= 15 is 0 Å². The van der Waals surface area contributed by atoms with Gasteiger partial charge in [0.25, 0.3) is 0 Å². The number of carbonyl (C=O) groups excluding carboxylic acids is 1. The summed E-state index contributed by atoms with van der Waals surface area (Å²) in [6.45, 7) is 0.573. The molecule has 2 aromatic heterocycles. The summed E-state index contributed by atoms with van der Waals surface area (Å²) in [4.78, 5) is 15.9. The van der Waals surface area contributed by atoms with E-state index in [4.69, 9.17) is 4.74 Å². The minimum absolute atomic E-state index is 0.0385. The Kier molecular flexibility index (Phi) is 6.81. The van der Waals surface area contributed by atoms with Crippen molar-refractivity contribution in [1.82, 2.24) is 25.1 Å². The van der Waals surface area contributed by atoms with Gasteiger partial charge in [0.2, 0.25) is 5.91 Å². The highest BCUT2D eigenvalue weighted by atomic mass is 32.2. The van der Waals surface area contributed by atoms with E-state index < -0.39 is 0 Å². The summed E-state index contributed by atoms with van der Waals surface area (Å²) in [6, 6.07) is 25.8. The van der Waals surface area contributed by atoms with Crippen molar-refractivity contribution in [2.24, 2.45) is 0 Å². The number of aromatic nitrogens is 4. The molecule has 0 fully saturated rings. The Balaban J connectivity index is 1.27. The molecule has 0 aliphatic rings. The van der Waals surface area contributed by atoms with Gasteiger partial charge in [-0.25, -0.2) is 0 Å². The lowest BCUT2D eigenvalue weighted by Crippen LogP contribution is -2.27. The number of methoxy groups -OCH3 is 1.